The second-order valence-electron chi connectivity index (χ2n) is 9.19. The van der Waals surface area contributed by atoms with Crippen LogP contribution in [0.2, 0.25) is 0 Å². The zero-order valence-electron chi connectivity index (χ0n) is 19.3. The monoisotopic (exact) mass is 457 g/mol. The highest BCUT2D eigenvalue weighted by Crippen LogP contribution is 2.46. The molecule has 0 amide bonds. The van der Waals surface area contributed by atoms with E-state index >= 15 is 0 Å². The first kappa shape index (κ1) is 21.1. The number of anilines is 1. The molecule has 0 bridgehead atoms. The highest BCUT2D eigenvalue weighted by atomic mass is 19.1. The van der Waals surface area contributed by atoms with E-state index in [1.165, 1.54) is 5.69 Å². The molecule has 0 N–H and O–H groups in total. The lowest BCUT2D eigenvalue weighted by Gasteiger charge is -2.37. The molecule has 0 radical (unpaired) electrons. The highest BCUT2D eigenvalue weighted by Gasteiger charge is 2.37. The maximum atomic E-state index is 14.9. The van der Waals surface area contributed by atoms with Gasteiger partial charge in [0.05, 0.1) is 43.6 Å². The first-order valence-corrected chi connectivity index (χ1v) is 11.9. The summed E-state index contributed by atoms with van der Waals surface area (Å²) in [6.07, 6.45) is 9.72. The molecule has 2 aliphatic heterocycles. The van der Waals surface area contributed by atoms with Crippen molar-refractivity contribution in [1.29, 1.82) is 0 Å². The molecule has 1 fully saturated rings. The van der Waals surface area contributed by atoms with Gasteiger partial charge in [0.1, 0.15) is 5.82 Å². The number of methoxy groups -OCH3 is 1. The van der Waals surface area contributed by atoms with Crippen LogP contribution < -0.4 is 4.90 Å². The predicted octanol–water partition coefficient (Wildman–Crippen LogP) is 5.02. The van der Waals surface area contributed by atoms with Crippen molar-refractivity contribution in [2.45, 2.75) is 25.4 Å². The van der Waals surface area contributed by atoms with Crippen LogP contribution in [0.1, 0.15) is 24.4 Å². The molecule has 1 unspecified atom stereocenters. The summed E-state index contributed by atoms with van der Waals surface area (Å²) in [6.45, 7) is 3.32. The van der Waals surface area contributed by atoms with Crippen molar-refractivity contribution >= 4 is 5.69 Å². The van der Waals surface area contributed by atoms with Crippen molar-refractivity contribution in [3.8, 4) is 22.4 Å². The molecule has 6 nitrogen and oxygen atoms in total. The lowest BCUT2D eigenvalue weighted by atomic mass is 9.85. The lowest BCUT2D eigenvalue weighted by Crippen LogP contribution is -2.36. The Labute approximate surface area is 198 Å². The summed E-state index contributed by atoms with van der Waals surface area (Å²) in [5.41, 5.74) is 6.37. The summed E-state index contributed by atoms with van der Waals surface area (Å²) in [7, 11) is 1.70. The number of aromatic nitrogens is 4. The molecule has 4 heterocycles. The molecule has 6 rings (SSSR count). The fourth-order valence-corrected chi connectivity index (χ4v) is 5.56. The van der Waals surface area contributed by atoms with Crippen molar-refractivity contribution in [3.05, 3.63) is 78.8 Å². The molecule has 1 atom stereocenters. The summed E-state index contributed by atoms with van der Waals surface area (Å²) in [6, 6.07) is 14.2. The van der Waals surface area contributed by atoms with Crippen molar-refractivity contribution in [1.82, 2.24) is 19.3 Å². The number of rotatable bonds is 6. The van der Waals surface area contributed by atoms with Gasteiger partial charge in [-0.2, -0.15) is 5.10 Å². The average Bonchev–Trinajstić information content (AvgIpc) is 3.60. The van der Waals surface area contributed by atoms with Gasteiger partial charge in [0.15, 0.2) is 0 Å². The van der Waals surface area contributed by atoms with Gasteiger partial charge in [0.2, 0.25) is 0 Å². The quantitative estimate of drug-likeness (QED) is 0.408. The van der Waals surface area contributed by atoms with E-state index in [2.05, 4.69) is 50.0 Å². The number of halogens is 1. The van der Waals surface area contributed by atoms with Gasteiger partial charge in [0, 0.05) is 48.8 Å². The van der Waals surface area contributed by atoms with E-state index in [-0.39, 0.29) is 11.9 Å². The molecule has 0 spiro atoms. The molecule has 2 aromatic heterocycles. The lowest BCUT2D eigenvalue weighted by molar-refractivity contribution is 0.183. The van der Waals surface area contributed by atoms with E-state index in [1.54, 1.807) is 19.2 Å². The topological polar surface area (TPSA) is 48.1 Å². The van der Waals surface area contributed by atoms with Crippen LogP contribution >= 0.6 is 0 Å². The molecule has 0 aliphatic carbocycles. The molecule has 174 valence electrons. The summed E-state index contributed by atoms with van der Waals surface area (Å²) < 4.78 is 24.1. The zero-order chi connectivity index (χ0) is 23.1. The Bertz CT molecular complexity index is 1290. The van der Waals surface area contributed by atoms with Crippen LogP contribution in [-0.2, 0) is 11.3 Å². The fourth-order valence-electron chi connectivity index (χ4n) is 5.56. The molecular formula is C27H28FN5O. The summed E-state index contributed by atoms with van der Waals surface area (Å²) in [5, 5.41) is 4.42. The maximum absolute atomic E-state index is 14.9. The number of fused-ring (bicyclic) bond motifs is 3. The fraction of sp³-hybridized carbons (Fsp3) is 0.333. The van der Waals surface area contributed by atoms with Gasteiger partial charge in [-0.1, -0.05) is 24.3 Å². The van der Waals surface area contributed by atoms with E-state index < -0.39 is 0 Å². The van der Waals surface area contributed by atoms with Crippen LogP contribution in [0.25, 0.3) is 22.4 Å². The van der Waals surface area contributed by atoms with Gasteiger partial charge in [-0.15, -0.1) is 0 Å². The third-order valence-electron chi connectivity index (χ3n) is 7.30. The number of hydrogen-bond donors (Lipinski definition) is 0. The molecule has 2 aliphatic rings. The third-order valence-corrected chi connectivity index (χ3v) is 7.30. The van der Waals surface area contributed by atoms with E-state index in [0.29, 0.717) is 12.5 Å². The average molecular weight is 458 g/mol. The first-order chi connectivity index (χ1) is 16.7. The molecule has 0 saturated carbocycles. The number of imidazole rings is 1. The van der Waals surface area contributed by atoms with Crippen molar-refractivity contribution < 1.29 is 9.13 Å². The summed E-state index contributed by atoms with van der Waals surface area (Å²) >= 11 is 0. The number of hydrogen-bond acceptors (Lipinski definition) is 4. The Hall–Kier alpha value is -3.45. The number of ether oxygens (including phenoxy) is 1. The second-order valence-corrected chi connectivity index (χ2v) is 9.19. The van der Waals surface area contributed by atoms with Crippen LogP contribution in [-0.4, -0.2) is 46.1 Å². The molecule has 4 aromatic rings. The Morgan fingerprint density at radius 2 is 1.85 bits per heavy atom. The second kappa shape index (κ2) is 8.72. The van der Waals surface area contributed by atoms with Gasteiger partial charge in [-0.25, -0.2) is 9.37 Å². The minimum absolute atomic E-state index is 0.0351. The van der Waals surface area contributed by atoms with Gasteiger partial charge in [-0.3, -0.25) is 4.68 Å². The van der Waals surface area contributed by atoms with Crippen LogP contribution in [0.4, 0.5) is 10.1 Å². The standard InChI is InChI=1S/C27H28FN5O/c1-34-14-13-32-17-21(15-30-32)19-5-7-22(8-6-19)31-11-9-20(10-12-31)27-26-23(3-2-4-24(26)28)25-16-29-18-33(25)27/h2-8,15-18,20,27H,9-14H2,1H3. The van der Waals surface area contributed by atoms with Gasteiger partial charge in [0.25, 0.3) is 0 Å². The molecule has 7 heteroatoms. The van der Waals surface area contributed by atoms with Crippen LogP contribution in [0, 0.1) is 11.7 Å². The molecule has 1 saturated heterocycles. The predicted molar refractivity (Wildman–Crippen MR) is 130 cm³/mol. The zero-order valence-corrected chi connectivity index (χ0v) is 19.3. The van der Waals surface area contributed by atoms with Crippen molar-refractivity contribution in [3.63, 3.8) is 0 Å². The SMILES string of the molecule is COCCn1cc(-c2ccc(N3CCC(C4c5c(F)cccc5-c5cncn54)CC3)cc2)cn1. The minimum Gasteiger partial charge on any atom is -0.383 e. The van der Waals surface area contributed by atoms with E-state index in [9.17, 15) is 4.39 Å². The third kappa shape index (κ3) is 3.60. The molecule has 34 heavy (non-hydrogen) atoms. The minimum atomic E-state index is -0.102. The van der Waals surface area contributed by atoms with Crippen molar-refractivity contribution in [2.24, 2.45) is 5.92 Å². The Kier molecular flexibility index (Phi) is 5.41. The smallest absolute Gasteiger partial charge is 0.129 e. The number of benzene rings is 2. The number of nitrogens with zero attached hydrogens (tertiary/aromatic N) is 5. The summed E-state index contributed by atoms with van der Waals surface area (Å²) in [5.74, 6) is 0.286. The maximum Gasteiger partial charge on any atom is 0.129 e. The Balaban J connectivity index is 1.15. The van der Waals surface area contributed by atoms with Crippen LogP contribution in [0.15, 0.2) is 67.4 Å². The summed E-state index contributed by atoms with van der Waals surface area (Å²) in [4.78, 5) is 6.79. The van der Waals surface area contributed by atoms with Gasteiger partial charge < -0.3 is 14.2 Å². The normalized spacial score (nSPS) is 17.7. The number of piperidine rings is 1. The van der Waals surface area contributed by atoms with E-state index in [0.717, 1.165) is 60.4 Å². The van der Waals surface area contributed by atoms with Crippen LogP contribution in [0.3, 0.4) is 0 Å². The highest BCUT2D eigenvalue weighted by molar-refractivity contribution is 5.69. The first-order valence-electron chi connectivity index (χ1n) is 11.9. The van der Waals surface area contributed by atoms with E-state index in [1.807, 2.05) is 29.5 Å². The van der Waals surface area contributed by atoms with Crippen molar-refractivity contribution in [2.75, 3.05) is 31.7 Å². The Morgan fingerprint density at radius 3 is 2.65 bits per heavy atom. The Morgan fingerprint density at radius 1 is 1.03 bits per heavy atom. The van der Waals surface area contributed by atoms with Gasteiger partial charge in [-0.05, 0) is 42.5 Å². The van der Waals surface area contributed by atoms with E-state index in [4.69, 9.17) is 4.74 Å². The largest absolute Gasteiger partial charge is 0.383 e. The van der Waals surface area contributed by atoms with Gasteiger partial charge >= 0.3 is 0 Å². The molecular weight excluding hydrogens is 429 g/mol. The van der Waals surface area contributed by atoms with Crippen LogP contribution in [0.5, 0.6) is 0 Å². The molecule has 2 aromatic carbocycles.